The van der Waals surface area contributed by atoms with E-state index in [2.05, 4.69) is 13.8 Å². The summed E-state index contributed by atoms with van der Waals surface area (Å²) in [6.07, 6.45) is 0.362. The molecule has 0 aromatic heterocycles. The van der Waals surface area contributed by atoms with Crippen LogP contribution < -0.4 is 0 Å². The van der Waals surface area contributed by atoms with Crippen molar-refractivity contribution in [3.05, 3.63) is 0 Å². The Morgan fingerprint density at radius 2 is 1.73 bits per heavy atom. The van der Waals surface area contributed by atoms with Crippen LogP contribution in [0.3, 0.4) is 0 Å². The quantitative estimate of drug-likeness (QED) is 0.653. The molecule has 0 radical (unpaired) electrons. The standard InChI is InChI=1S/C9H20O2/c1-7(2)5-8(11)9(3,4)6-10/h7-8,10-11H,5-6H2,1-4H3. The molecule has 0 rings (SSSR count). The molecule has 0 saturated heterocycles. The third kappa shape index (κ3) is 3.73. The van der Waals surface area contributed by atoms with E-state index in [1.807, 2.05) is 13.8 Å². The van der Waals surface area contributed by atoms with Crippen molar-refractivity contribution >= 4 is 0 Å². The lowest BCUT2D eigenvalue weighted by Crippen LogP contribution is -2.33. The van der Waals surface area contributed by atoms with Gasteiger partial charge in [0.15, 0.2) is 0 Å². The molecule has 0 fully saturated rings. The van der Waals surface area contributed by atoms with Gasteiger partial charge in [0.2, 0.25) is 0 Å². The van der Waals surface area contributed by atoms with Crippen LogP contribution in [0.1, 0.15) is 34.1 Å². The van der Waals surface area contributed by atoms with Crippen LogP contribution in [0.4, 0.5) is 0 Å². The highest BCUT2D eigenvalue weighted by atomic mass is 16.3. The van der Waals surface area contributed by atoms with Crippen molar-refractivity contribution in [2.24, 2.45) is 11.3 Å². The molecule has 11 heavy (non-hydrogen) atoms. The molecule has 2 heteroatoms. The highest BCUT2D eigenvalue weighted by Gasteiger charge is 2.27. The molecule has 68 valence electrons. The van der Waals surface area contributed by atoms with Crippen molar-refractivity contribution in [2.75, 3.05) is 6.61 Å². The molecular formula is C9H20O2. The second kappa shape index (κ2) is 4.07. The van der Waals surface area contributed by atoms with Crippen molar-refractivity contribution in [3.8, 4) is 0 Å². The van der Waals surface area contributed by atoms with Gasteiger partial charge < -0.3 is 10.2 Å². The van der Waals surface area contributed by atoms with Crippen molar-refractivity contribution in [3.63, 3.8) is 0 Å². The molecule has 0 aromatic carbocycles. The first-order valence-corrected chi connectivity index (χ1v) is 4.19. The maximum Gasteiger partial charge on any atom is 0.0615 e. The summed E-state index contributed by atoms with van der Waals surface area (Å²) in [4.78, 5) is 0. The van der Waals surface area contributed by atoms with Gasteiger partial charge in [-0.3, -0.25) is 0 Å². The third-order valence-electron chi connectivity index (χ3n) is 2.00. The van der Waals surface area contributed by atoms with Gasteiger partial charge in [-0.15, -0.1) is 0 Å². The van der Waals surface area contributed by atoms with Gasteiger partial charge in [-0.2, -0.15) is 0 Å². The van der Waals surface area contributed by atoms with Crippen LogP contribution in [0.5, 0.6) is 0 Å². The second-order valence-electron chi connectivity index (χ2n) is 4.29. The molecule has 2 nitrogen and oxygen atoms in total. The van der Waals surface area contributed by atoms with Crippen LogP contribution in [-0.2, 0) is 0 Å². The maximum absolute atomic E-state index is 9.59. The molecular weight excluding hydrogens is 140 g/mol. The van der Waals surface area contributed by atoms with Gasteiger partial charge in [0.1, 0.15) is 0 Å². The number of hydrogen-bond donors (Lipinski definition) is 2. The Kier molecular flexibility index (Phi) is 4.04. The summed E-state index contributed by atoms with van der Waals surface area (Å²) >= 11 is 0. The average Bonchev–Trinajstić information content (AvgIpc) is 1.86. The predicted molar refractivity (Wildman–Crippen MR) is 46.3 cm³/mol. The summed E-state index contributed by atoms with van der Waals surface area (Å²) in [7, 11) is 0. The van der Waals surface area contributed by atoms with E-state index in [0.717, 1.165) is 6.42 Å². The van der Waals surface area contributed by atoms with Gasteiger partial charge in [-0.25, -0.2) is 0 Å². The topological polar surface area (TPSA) is 40.5 Å². The first kappa shape index (κ1) is 10.9. The van der Waals surface area contributed by atoms with Crippen molar-refractivity contribution < 1.29 is 10.2 Å². The van der Waals surface area contributed by atoms with E-state index in [9.17, 15) is 5.11 Å². The molecule has 0 amide bonds. The molecule has 0 aliphatic heterocycles. The fraction of sp³-hybridized carbons (Fsp3) is 1.00. The second-order valence-corrected chi connectivity index (χ2v) is 4.29. The highest BCUT2D eigenvalue weighted by Crippen LogP contribution is 2.24. The Bertz CT molecular complexity index is 108. The van der Waals surface area contributed by atoms with Crippen LogP contribution >= 0.6 is 0 Å². The summed E-state index contributed by atoms with van der Waals surface area (Å²) in [5.41, 5.74) is -0.357. The lowest BCUT2D eigenvalue weighted by Gasteiger charge is -2.29. The molecule has 0 aliphatic rings. The number of aliphatic hydroxyl groups is 2. The summed E-state index contributed by atoms with van der Waals surface area (Å²) in [5, 5.41) is 18.5. The molecule has 1 atom stereocenters. The van der Waals surface area contributed by atoms with Crippen LogP contribution in [0, 0.1) is 11.3 Å². The Morgan fingerprint density at radius 1 is 1.27 bits per heavy atom. The molecule has 0 spiro atoms. The number of rotatable bonds is 4. The fourth-order valence-electron chi connectivity index (χ4n) is 0.871. The minimum Gasteiger partial charge on any atom is -0.396 e. The smallest absolute Gasteiger partial charge is 0.0615 e. The first-order chi connectivity index (χ1) is 4.90. The minimum absolute atomic E-state index is 0.0425. The van der Waals surface area contributed by atoms with Crippen LogP contribution in [0.15, 0.2) is 0 Å². The lowest BCUT2D eigenvalue weighted by atomic mass is 9.83. The van der Waals surface area contributed by atoms with Crippen molar-refractivity contribution in [1.29, 1.82) is 0 Å². The van der Waals surface area contributed by atoms with E-state index < -0.39 is 6.10 Å². The minimum atomic E-state index is -0.396. The monoisotopic (exact) mass is 160 g/mol. The SMILES string of the molecule is CC(C)CC(O)C(C)(C)CO. The van der Waals surface area contributed by atoms with E-state index in [0.29, 0.717) is 5.92 Å². The van der Waals surface area contributed by atoms with Gasteiger partial charge >= 0.3 is 0 Å². The molecule has 0 bridgehead atoms. The van der Waals surface area contributed by atoms with E-state index >= 15 is 0 Å². The zero-order valence-corrected chi connectivity index (χ0v) is 7.96. The summed E-state index contributed by atoms with van der Waals surface area (Å²) in [6.45, 7) is 7.92. The third-order valence-corrected chi connectivity index (χ3v) is 2.00. The van der Waals surface area contributed by atoms with Crippen LogP contribution in [0.2, 0.25) is 0 Å². The molecule has 0 saturated carbocycles. The number of aliphatic hydroxyl groups excluding tert-OH is 2. The Morgan fingerprint density at radius 3 is 2.00 bits per heavy atom. The van der Waals surface area contributed by atoms with Gasteiger partial charge in [-0.05, 0) is 12.3 Å². The maximum atomic E-state index is 9.59. The summed E-state index contributed by atoms with van der Waals surface area (Å²) in [5.74, 6) is 0.482. The van der Waals surface area contributed by atoms with Crippen LogP contribution in [0.25, 0.3) is 0 Å². The normalized spacial score (nSPS) is 15.5. The fourth-order valence-corrected chi connectivity index (χ4v) is 0.871. The van der Waals surface area contributed by atoms with Gasteiger partial charge in [0.25, 0.3) is 0 Å². The summed E-state index contributed by atoms with van der Waals surface area (Å²) in [6, 6.07) is 0. The van der Waals surface area contributed by atoms with Gasteiger partial charge in [0.05, 0.1) is 12.7 Å². The first-order valence-electron chi connectivity index (χ1n) is 4.19. The van der Waals surface area contributed by atoms with E-state index in [1.165, 1.54) is 0 Å². The van der Waals surface area contributed by atoms with E-state index in [-0.39, 0.29) is 12.0 Å². The lowest BCUT2D eigenvalue weighted by molar-refractivity contribution is -0.00417. The Balaban J connectivity index is 3.90. The molecule has 0 heterocycles. The zero-order valence-electron chi connectivity index (χ0n) is 7.96. The zero-order chi connectivity index (χ0) is 9.07. The summed E-state index contributed by atoms with van der Waals surface area (Å²) < 4.78 is 0. The molecule has 0 aliphatic carbocycles. The predicted octanol–water partition coefficient (Wildman–Crippen LogP) is 1.41. The van der Waals surface area contributed by atoms with Crippen LogP contribution in [-0.4, -0.2) is 22.9 Å². The molecule has 0 aromatic rings. The van der Waals surface area contributed by atoms with E-state index in [4.69, 9.17) is 5.11 Å². The van der Waals surface area contributed by atoms with Crippen molar-refractivity contribution in [1.82, 2.24) is 0 Å². The van der Waals surface area contributed by atoms with E-state index in [1.54, 1.807) is 0 Å². The van der Waals surface area contributed by atoms with Gasteiger partial charge in [-0.1, -0.05) is 27.7 Å². The Hall–Kier alpha value is -0.0800. The average molecular weight is 160 g/mol. The highest BCUT2D eigenvalue weighted by molar-refractivity contribution is 4.77. The van der Waals surface area contributed by atoms with Gasteiger partial charge in [0, 0.05) is 5.41 Å². The molecule has 1 unspecified atom stereocenters. The molecule has 2 N–H and O–H groups in total. The Labute approximate surface area is 69.2 Å². The largest absolute Gasteiger partial charge is 0.396 e. The number of hydrogen-bond acceptors (Lipinski definition) is 2. The van der Waals surface area contributed by atoms with Crippen molar-refractivity contribution in [2.45, 2.75) is 40.2 Å².